The first-order chi connectivity index (χ1) is 12.7. The Morgan fingerprint density at radius 3 is 2.92 bits per heavy atom. The lowest BCUT2D eigenvalue weighted by Gasteiger charge is -2.16. The highest BCUT2D eigenvalue weighted by Crippen LogP contribution is 2.29. The van der Waals surface area contributed by atoms with E-state index >= 15 is 0 Å². The molecule has 1 aromatic heterocycles. The number of amides is 1. The van der Waals surface area contributed by atoms with E-state index in [-0.39, 0.29) is 18.1 Å². The number of carbonyl (C=O) groups excluding carboxylic acids is 1. The molecule has 1 aliphatic rings. The van der Waals surface area contributed by atoms with Gasteiger partial charge in [0, 0.05) is 17.6 Å². The number of ether oxygens (including phenoxy) is 1. The zero-order chi connectivity index (χ0) is 17.9. The molecule has 0 saturated heterocycles. The van der Waals surface area contributed by atoms with Crippen molar-refractivity contribution in [1.29, 1.82) is 0 Å². The summed E-state index contributed by atoms with van der Waals surface area (Å²) >= 11 is 1.48. The fourth-order valence-electron chi connectivity index (χ4n) is 3.04. The van der Waals surface area contributed by atoms with Crippen molar-refractivity contribution >= 4 is 22.9 Å². The van der Waals surface area contributed by atoms with Gasteiger partial charge in [0.15, 0.2) is 0 Å². The summed E-state index contributed by atoms with van der Waals surface area (Å²) in [7, 11) is 0. The number of carbonyl (C=O) groups is 1. The molecule has 26 heavy (non-hydrogen) atoms. The summed E-state index contributed by atoms with van der Waals surface area (Å²) in [5.74, 6) is 0.512. The van der Waals surface area contributed by atoms with Crippen LogP contribution in [0.5, 0.6) is 5.75 Å². The van der Waals surface area contributed by atoms with Gasteiger partial charge < -0.3 is 9.64 Å². The molecule has 132 valence electrons. The standard InChI is InChI=1S/C20H17FN2O2S/c21-15-6-7-18-14(10-15)8-9-23(18)20(24)11-16-13-26-19(22-16)12-25-17-4-2-1-3-5-17/h1-7,10,13H,8-9,11-12H2. The Morgan fingerprint density at radius 1 is 1.23 bits per heavy atom. The number of rotatable bonds is 5. The van der Waals surface area contributed by atoms with Crippen LogP contribution in [0, 0.1) is 5.82 Å². The second-order valence-corrected chi connectivity index (χ2v) is 7.02. The number of thiazole rings is 1. The Labute approximate surface area is 154 Å². The number of anilines is 1. The average molecular weight is 368 g/mol. The van der Waals surface area contributed by atoms with Crippen molar-refractivity contribution in [2.24, 2.45) is 0 Å². The molecule has 0 radical (unpaired) electrons. The molecular weight excluding hydrogens is 351 g/mol. The van der Waals surface area contributed by atoms with Gasteiger partial charge in [-0.1, -0.05) is 18.2 Å². The highest BCUT2D eigenvalue weighted by molar-refractivity contribution is 7.09. The first-order valence-corrected chi connectivity index (χ1v) is 9.27. The van der Waals surface area contributed by atoms with E-state index in [4.69, 9.17) is 4.74 Å². The lowest BCUT2D eigenvalue weighted by Crippen LogP contribution is -2.30. The van der Waals surface area contributed by atoms with Crippen molar-refractivity contribution in [3.8, 4) is 5.75 Å². The Bertz CT molecular complexity index is 927. The van der Waals surface area contributed by atoms with Crippen LogP contribution >= 0.6 is 11.3 Å². The molecule has 0 unspecified atom stereocenters. The number of hydrogen-bond acceptors (Lipinski definition) is 4. The van der Waals surface area contributed by atoms with Gasteiger partial charge in [0.05, 0.1) is 12.1 Å². The number of halogens is 1. The van der Waals surface area contributed by atoms with E-state index in [0.29, 0.717) is 19.6 Å². The van der Waals surface area contributed by atoms with Gasteiger partial charge in [-0.2, -0.15) is 0 Å². The van der Waals surface area contributed by atoms with E-state index in [1.54, 1.807) is 11.0 Å². The molecule has 0 fully saturated rings. The van der Waals surface area contributed by atoms with Crippen LogP contribution in [0.3, 0.4) is 0 Å². The third-order valence-electron chi connectivity index (χ3n) is 4.28. The minimum Gasteiger partial charge on any atom is -0.486 e. The van der Waals surface area contributed by atoms with Crippen molar-refractivity contribution in [2.75, 3.05) is 11.4 Å². The van der Waals surface area contributed by atoms with Gasteiger partial charge in [0.1, 0.15) is 23.2 Å². The van der Waals surface area contributed by atoms with Crippen molar-refractivity contribution < 1.29 is 13.9 Å². The minimum atomic E-state index is -0.263. The van der Waals surface area contributed by atoms with Crippen molar-refractivity contribution in [1.82, 2.24) is 4.98 Å². The molecule has 0 N–H and O–H groups in total. The Kier molecular flexibility index (Phi) is 4.67. The zero-order valence-corrected chi connectivity index (χ0v) is 14.8. The molecule has 3 aromatic rings. The molecule has 1 aliphatic heterocycles. The number of nitrogens with zero attached hydrogens (tertiary/aromatic N) is 2. The number of aromatic nitrogens is 1. The summed E-state index contributed by atoms with van der Waals surface area (Å²) in [5, 5.41) is 2.73. The summed E-state index contributed by atoms with van der Waals surface area (Å²) in [6.45, 7) is 0.973. The third-order valence-corrected chi connectivity index (χ3v) is 5.15. The van der Waals surface area contributed by atoms with Gasteiger partial charge in [0.25, 0.3) is 0 Å². The topological polar surface area (TPSA) is 42.4 Å². The van der Waals surface area contributed by atoms with E-state index in [0.717, 1.165) is 27.7 Å². The molecule has 0 bridgehead atoms. The van der Waals surface area contributed by atoms with Crippen LogP contribution in [0.15, 0.2) is 53.9 Å². The van der Waals surface area contributed by atoms with Crippen LogP contribution in [-0.2, 0) is 24.2 Å². The van der Waals surface area contributed by atoms with Gasteiger partial charge in [-0.25, -0.2) is 9.37 Å². The predicted molar refractivity (Wildman–Crippen MR) is 99.0 cm³/mol. The van der Waals surface area contributed by atoms with Gasteiger partial charge in [-0.05, 0) is 42.3 Å². The van der Waals surface area contributed by atoms with E-state index in [1.165, 1.54) is 23.5 Å². The van der Waals surface area contributed by atoms with Gasteiger partial charge >= 0.3 is 0 Å². The normalized spacial score (nSPS) is 12.9. The van der Waals surface area contributed by atoms with Crippen LogP contribution < -0.4 is 9.64 Å². The predicted octanol–water partition coefficient (Wildman–Crippen LogP) is 3.99. The number of hydrogen-bond donors (Lipinski definition) is 0. The minimum absolute atomic E-state index is 0.0174. The van der Waals surface area contributed by atoms with Crippen molar-refractivity contribution in [2.45, 2.75) is 19.4 Å². The van der Waals surface area contributed by atoms with E-state index in [1.807, 2.05) is 35.7 Å². The maximum Gasteiger partial charge on any atom is 0.233 e. The SMILES string of the molecule is O=C(Cc1csc(COc2ccccc2)n1)N1CCc2cc(F)ccc21. The van der Waals surface area contributed by atoms with Gasteiger partial charge in [0.2, 0.25) is 5.91 Å². The quantitative estimate of drug-likeness (QED) is 0.684. The fourth-order valence-corrected chi connectivity index (χ4v) is 3.74. The summed E-state index contributed by atoms with van der Waals surface area (Å²) in [5.41, 5.74) is 2.43. The van der Waals surface area contributed by atoms with E-state index < -0.39 is 0 Å². The molecule has 1 amide bonds. The zero-order valence-electron chi connectivity index (χ0n) is 14.0. The van der Waals surface area contributed by atoms with Gasteiger partial charge in [-0.3, -0.25) is 4.79 Å². The second-order valence-electron chi connectivity index (χ2n) is 6.08. The Morgan fingerprint density at radius 2 is 2.08 bits per heavy atom. The smallest absolute Gasteiger partial charge is 0.233 e. The second kappa shape index (κ2) is 7.25. The molecule has 0 aliphatic carbocycles. The highest BCUT2D eigenvalue weighted by Gasteiger charge is 2.25. The maximum atomic E-state index is 13.3. The van der Waals surface area contributed by atoms with Crippen LogP contribution in [0.2, 0.25) is 0 Å². The molecule has 4 rings (SSSR count). The fraction of sp³-hybridized carbons (Fsp3) is 0.200. The Hall–Kier alpha value is -2.73. The van der Waals surface area contributed by atoms with Crippen LogP contribution in [0.4, 0.5) is 10.1 Å². The summed E-state index contributed by atoms with van der Waals surface area (Å²) in [6.07, 6.45) is 0.921. The summed E-state index contributed by atoms with van der Waals surface area (Å²) in [4.78, 5) is 18.8. The Balaban J connectivity index is 1.38. The average Bonchev–Trinajstić information content (AvgIpc) is 3.27. The lowest BCUT2D eigenvalue weighted by molar-refractivity contribution is -0.117. The molecule has 4 nitrogen and oxygen atoms in total. The molecule has 0 atom stereocenters. The summed E-state index contributed by atoms with van der Waals surface area (Å²) in [6, 6.07) is 14.1. The summed E-state index contributed by atoms with van der Waals surface area (Å²) < 4.78 is 19.0. The highest BCUT2D eigenvalue weighted by atomic mass is 32.1. The molecular formula is C20H17FN2O2S. The monoisotopic (exact) mass is 368 g/mol. The van der Waals surface area contributed by atoms with Crippen molar-refractivity contribution in [3.63, 3.8) is 0 Å². The van der Waals surface area contributed by atoms with Crippen LogP contribution in [0.25, 0.3) is 0 Å². The van der Waals surface area contributed by atoms with Crippen LogP contribution in [0.1, 0.15) is 16.3 Å². The van der Waals surface area contributed by atoms with E-state index in [2.05, 4.69) is 4.98 Å². The molecule has 0 spiro atoms. The first-order valence-electron chi connectivity index (χ1n) is 8.39. The number of benzene rings is 2. The molecule has 2 heterocycles. The third kappa shape index (κ3) is 3.60. The largest absolute Gasteiger partial charge is 0.486 e. The van der Waals surface area contributed by atoms with Crippen molar-refractivity contribution in [3.05, 3.63) is 76.0 Å². The molecule has 0 saturated carbocycles. The number of fused-ring (bicyclic) bond motifs is 1. The first kappa shape index (κ1) is 16.7. The lowest BCUT2D eigenvalue weighted by atomic mass is 10.1. The van der Waals surface area contributed by atoms with E-state index in [9.17, 15) is 9.18 Å². The molecule has 2 aromatic carbocycles. The van der Waals surface area contributed by atoms with Gasteiger partial charge in [-0.15, -0.1) is 11.3 Å². The number of para-hydroxylation sites is 1. The molecule has 6 heteroatoms. The van der Waals surface area contributed by atoms with Crippen LogP contribution in [-0.4, -0.2) is 17.4 Å². The maximum absolute atomic E-state index is 13.3.